The summed E-state index contributed by atoms with van der Waals surface area (Å²) in [5, 5.41) is 25.7. The van der Waals surface area contributed by atoms with Gasteiger partial charge in [0.05, 0.1) is 12.5 Å². The maximum absolute atomic E-state index is 13.0. The zero-order chi connectivity index (χ0) is 25.2. The molecule has 0 heterocycles. The Hall–Kier alpha value is -2.69. The third kappa shape index (κ3) is 10.1. The molecule has 0 bridgehead atoms. The lowest BCUT2D eigenvalue weighted by Crippen LogP contribution is -2.59. The Balaban J connectivity index is 5.57. The summed E-state index contributed by atoms with van der Waals surface area (Å²) < 4.78 is 0. The molecular weight excluding hydrogens is 420 g/mol. The van der Waals surface area contributed by atoms with Crippen LogP contribution in [0.3, 0.4) is 0 Å². The second-order valence-electron chi connectivity index (χ2n) is 8.84. The van der Waals surface area contributed by atoms with Gasteiger partial charge >= 0.3 is 11.9 Å². The van der Waals surface area contributed by atoms with Crippen molar-refractivity contribution in [2.24, 2.45) is 23.5 Å². The number of nitrogens with one attached hydrogen (secondary N) is 3. The SMILES string of the molecule is CCC(C)C(NC(=O)C(CC(C)C)NC(=O)C(N)CC(=O)O)C(=O)NC(C(=O)O)C(C)C. The van der Waals surface area contributed by atoms with Crippen molar-refractivity contribution in [3.05, 3.63) is 0 Å². The summed E-state index contributed by atoms with van der Waals surface area (Å²) in [6.45, 7) is 10.6. The molecule has 0 aromatic carbocycles. The number of amides is 3. The number of carboxylic acid groups (broad SMARTS) is 2. The molecule has 0 rings (SSSR count). The van der Waals surface area contributed by atoms with Gasteiger partial charge in [0.25, 0.3) is 0 Å². The first-order valence-electron chi connectivity index (χ1n) is 10.8. The fourth-order valence-corrected chi connectivity index (χ4v) is 2.97. The second kappa shape index (κ2) is 13.7. The minimum Gasteiger partial charge on any atom is -0.481 e. The van der Waals surface area contributed by atoms with Crippen molar-refractivity contribution >= 4 is 29.7 Å². The highest BCUT2D eigenvalue weighted by molar-refractivity contribution is 5.94. The van der Waals surface area contributed by atoms with Gasteiger partial charge in [-0.3, -0.25) is 19.2 Å². The first-order chi connectivity index (χ1) is 14.7. The predicted molar refractivity (Wildman–Crippen MR) is 117 cm³/mol. The van der Waals surface area contributed by atoms with Crippen molar-refractivity contribution in [1.82, 2.24) is 16.0 Å². The smallest absolute Gasteiger partial charge is 0.326 e. The molecule has 0 saturated heterocycles. The standard InChI is InChI=1S/C21H38N4O7/c1-7-12(6)17(20(30)24-16(11(4)5)21(31)32)25-19(29)14(8-10(2)3)23-18(28)13(22)9-15(26)27/h10-14,16-17H,7-9,22H2,1-6H3,(H,23,28)(H,24,30)(H,25,29)(H,26,27)(H,31,32). The Labute approximate surface area is 188 Å². The van der Waals surface area contributed by atoms with E-state index in [1.54, 1.807) is 20.8 Å². The van der Waals surface area contributed by atoms with Crippen molar-refractivity contribution in [3.63, 3.8) is 0 Å². The van der Waals surface area contributed by atoms with Gasteiger partial charge in [-0.1, -0.05) is 48.0 Å². The van der Waals surface area contributed by atoms with Gasteiger partial charge in [0.2, 0.25) is 17.7 Å². The van der Waals surface area contributed by atoms with Crippen LogP contribution in [0.4, 0.5) is 0 Å². The molecule has 0 fully saturated rings. The molecule has 11 heteroatoms. The van der Waals surface area contributed by atoms with Crippen molar-refractivity contribution in [1.29, 1.82) is 0 Å². The zero-order valence-electron chi connectivity index (χ0n) is 19.7. The quantitative estimate of drug-likeness (QED) is 0.211. The summed E-state index contributed by atoms with van der Waals surface area (Å²) in [4.78, 5) is 60.3. The van der Waals surface area contributed by atoms with E-state index in [-0.39, 0.29) is 24.2 Å². The summed E-state index contributed by atoms with van der Waals surface area (Å²) in [5.41, 5.74) is 5.58. The fourth-order valence-electron chi connectivity index (χ4n) is 2.97. The lowest BCUT2D eigenvalue weighted by Gasteiger charge is -2.29. The van der Waals surface area contributed by atoms with Crippen LogP contribution in [0, 0.1) is 17.8 Å². The van der Waals surface area contributed by atoms with Crippen LogP contribution in [-0.2, 0) is 24.0 Å². The van der Waals surface area contributed by atoms with E-state index in [1.165, 1.54) is 0 Å². The van der Waals surface area contributed by atoms with E-state index >= 15 is 0 Å². The molecule has 32 heavy (non-hydrogen) atoms. The average Bonchev–Trinajstić information content (AvgIpc) is 2.67. The van der Waals surface area contributed by atoms with Crippen LogP contribution in [0.15, 0.2) is 0 Å². The van der Waals surface area contributed by atoms with Crippen molar-refractivity contribution in [2.75, 3.05) is 0 Å². The van der Waals surface area contributed by atoms with E-state index in [1.807, 2.05) is 20.8 Å². The molecule has 0 aliphatic heterocycles. The summed E-state index contributed by atoms with van der Waals surface area (Å²) in [6.07, 6.45) is 0.171. The number of hydrogen-bond donors (Lipinski definition) is 6. The molecule has 184 valence electrons. The third-order valence-electron chi connectivity index (χ3n) is 5.10. The van der Waals surface area contributed by atoms with E-state index in [2.05, 4.69) is 16.0 Å². The largest absolute Gasteiger partial charge is 0.481 e. The number of aliphatic carboxylic acids is 2. The Morgan fingerprint density at radius 2 is 1.34 bits per heavy atom. The maximum atomic E-state index is 13.0. The van der Waals surface area contributed by atoms with Gasteiger partial charge in [-0.2, -0.15) is 0 Å². The second-order valence-corrected chi connectivity index (χ2v) is 8.84. The summed E-state index contributed by atoms with van der Waals surface area (Å²) in [7, 11) is 0. The molecule has 0 aromatic rings. The van der Waals surface area contributed by atoms with Crippen LogP contribution in [0.1, 0.15) is 60.8 Å². The highest BCUT2D eigenvalue weighted by Crippen LogP contribution is 2.12. The molecule has 7 N–H and O–H groups in total. The van der Waals surface area contributed by atoms with Gasteiger partial charge in [0.1, 0.15) is 18.1 Å². The van der Waals surface area contributed by atoms with Crippen LogP contribution >= 0.6 is 0 Å². The number of carbonyl (C=O) groups excluding carboxylic acids is 3. The number of hydrogen-bond acceptors (Lipinski definition) is 6. The first-order valence-corrected chi connectivity index (χ1v) is 10.8. The lowest BCUT2D eigenvalue weighted by atomic mass is 9.95. The molecule has 0 spiro atoms. The summed E-state index contributed by atoms with van der Waals surface area (Å²) >= 11 is 0. The van der Waals surface area contributed by atoms with E-state index < -0.39 is 60.2 Å². The molecule has 5 unspecified atom stereocenters. The van der Waals surface area contributed by atoms with Crippen LogP contribution in [0.5, 0.6) is 0 Å². The number of nitrogens with two attached hydrogens (primary N) is 1. The van der Waals surface area contributed by atoms with Crippen molar-refractivity contribution in [3.8, 4) is 0 Å². The molecule has 3 amide bonds. The van der Waals surface area contributed by atoms with Crippen LogP contribution in [0.2, 0.25) is 0 Å². The number of carboxylic acids is 2. The van der Waals surface area contributed by atoms with Gasteiger partial charge in [-0.25, -0.2) is 4.79 Å². The summed E-state index contributed by atoms with van der Waals surface area (Å²) in [6, 6.07) is -4.51. The number of rotatable bonds is 14. The van der Waals surface area contributed by atoms with E-state index in [4.69, 9.17) is 10.8 Å². The molecule has 0 aromatic heterocycles. The Morgan fingerprint density at radius 1 is 0.812 bits per heavy atom. The molecule has 0 radical (unpaired) electrons. The molecule has 5 atom stereocenters. The van der Waals surface area contributed by atoms with E-state index in [0.717, 1.165) is 0 Å². The van der Waals surface area contributed by atoms with Crippen LogP contribution in [-0.4, -0.2) is 64.0 Å². The monoisotopic (exact) mass is 458 g/mol. The maximum Gasteiger partial charge on any atom is 0.326 e. The molecule has 11 nitrogen and oxygen atoms in total. The Kier molecular flexibility index (Phi) is 12.5. The van der Waals surface area contributed by atoms with Crippen molar-refractivity contribution in [2.45, 2.75) is 85.0 Å². The minimum absolute atomic E-state index is 0.00467. The summed E-state index contributed by atoms with van der Waals surface area (Å²) in [5.74, 6) is -5.17. The normalized spacial score (nSPS) is 15.9. The molecule has 0 aliphatic carbocycles. The van der Waals surface area contributed by atoms with Gasteiger partial charge in [0.15, 0.2) is 0 Å². The van der Waals surface area contributed by atoms with Gasteiger partial charge in [-0.15, -0.1) is 0 Å². The lowest BCUT2D eigenvalue weighted by molar-refractivity contribution is -0.144. The van der Waals surface area contributed by atoms with Gasteiger partial charge in [-0.05, 0) is 24.2 Å². The van der Waals surface area contributed by atoms with E-state index in [9.17, 15) is 29.1 Å². The van der Waals surface area contributed by atoms with Crippen molar-refractivity contribution < 1.29 is 34.2 Å². The fraction of sp³-hybridized carbons (Fsp3) is 0.762. The van der Waals surface area contributed by atoms with E-state index in [0.29, 0.717) is 6.42 Å². The minimum atomic E-state index is -1.33. The number of carbonyl (C=O) groups is 5. The Bertz CT molecular complexity index is 681. The Morgan fingerprint density at radius 3 is 1.75 bits per heavy atom. The predicted octanol–water partition coefficient (Wildman–Crippen LogP) is 0.0756. The third-order valence-corrected chi connectivity index (χ3v) is 5.10. The molecule has 0 saturated carbocycles. The van der Waals surface area contributed by atoms with Crippen LogP contribution < -0.4 is 21.7 Å². The molecular formula is C21H38N4O7. The van der Waals surface area contributed by atoms with Gasteiger partial charge in [0, 0.05) is 0 Å². The molecule has 0 aliphatic rings. The van der Waals surface area contributed by atoms with Crippen LogP contribution in [0.25, 0.3) is 0 Å². The highest BCUT2D eigenvalue weighted by Gasteiger charge is 2.33. The topological polar surface area (TPSA) is 188 Å². The van der Waals surface area contributed by atoms with Gasteiger partial charge < -0.3 is 31.9 Å². The zero-order valence-corrected chi connectivity index (χ0v) is 19.7. The highest BCUT2D eigenvalue weighted by atomic mass is 16.4. The average molecular weight is 459 g/mol. The first kappa shape index (κ1) is 29.3.